The van der Waals surface area contributed by atoms with E-state index in [0.717, 1.165) is 0 Å². The number of amides is 2. The SMILES string of the molecule is CCCC(=O)Nc1cc(C(=O)N(C)C)cn(C)c1=O. The molecule has 1 heterocycles. The van der Waals surface area contributed by atoms with Gasteiger partial charge in [-0.05, 0) is 12.5 Å². The quantitative estimate of drug-likeness (QED) is 0.876. The van der Waals surface area contributed by atoms with E-state index in [1.807, 2.05) is 6.92 Å². The Morgan fingerprint density at radius 1 is 1.37 bits per heavy atom. The van der Waals surface area contributed by atoms with E-state index in [-0.39, 0.29) is 23.1 Å². The molecule has 0 fully saturated rings. The van der Waals surface area contributed by atoms with Crippen LogP contribution in [0.2, 0.25) is 0 Å². The van der Waals surface area contributed by atoms with Gasteiger partial charge in [0.15, 0.2) is 0 Å². The van der Waals surface area contributed by atoms with Crippen LogP contribution < -0.4 is 10.9 Å². The van der Waals surface area contributed by atoms with Crippen molar-refractivity contribution in [3.63, 3.8) is 0 Å². The molecule has 19 heavy (non-hydrogen) atoms. The fourth-order valence-electron chi connectivity index (χ4n) is 1.62. The summed E-state index contributed by atoms with van der Waals surface area (Å²) in [6.07, 6.45) is 2.50. The summed E-state index contributed by atoms with van der Waals surface area (Å²) < 4.78 is 1.29. The monoisotopic (exact) mass is 265 g/mol. The van der Waals surface area contributed by atoms with Crippen molar-refractivity contribution in [2.75, 3.05) is 19.4 Å². The van der Waals surface area contributed by atoms with Gasteiger partial charge in [0, 0.05) is 33.8 Å². The lowest BCUT2D eigenvalue weighted by Gasteiger charge is -2.13. The highest BCUT2D eigenvalue weighted by molar-refractivity contribution is 5.96. The number of nitrogens with zero attached hydrogens (tertiary/aromatic N) is 2. The maximum Gasteiger partial charge on any atom is 0.274 e. The molecule has 104 valence electrons. The fraction of sp³-hybridized carbons (Fsp3) is 0.462. The van der Waals surface area contributed by atoms with Gasteiger partial charge in [0.25, 0.3) is 11.5 Å². The first kappa shape index (κ1) is 14.9. The van der Waals surface area contributed by atoms with Crippen LogP contribution in [-0.4, -0.2) is 35.4 Å². The summed E-state index contributed by atoms with van der Waals surface area (Å²) >= 11 is 0. The smallest absolute Gasteiger partial charge is 0.274 e. The van der Waals surface area contributed by atoms with Gasteiger partial charge in [0.2, 0.25) is 5.91 Å². The molecule has 0 radical (unpaired) electrons. The molecule has 0 saturated heterocycles. The third kappa shape index (κ3) is 3.67. The Labute approximate surface area is 112 Å². The molecule has 1 aromatic rings. The standard InChI is InChI=1S/C13H19N3O3/c1-5-6-11(17)14-10-7-9(12(18)15(2)3)8-16(4)13(10)19/h7-8H,5-6H2,1-4H3,(H,14,17). The summed E-state index contributed by atoms with van der Waals surface area (Å²) in [4.78, 5) is 36.7. The molecule has 0 aromatic carbocycles. The van der Waals surface area contributed by atoms with Crippen LogP contribution in [0.4, 0.5) is 5.69 Å². The molecule has 2 amide bonds. The minimum absolute atomic E-state index is 0.133. The Morgan fingerprint density at radius 2 is 2.00 bits per heavy atom. The zero-order chi connectivity index (χ0) is 14.6. The van der Waals surface area contributed by atoms with Crippen molar-refractivity contribution >= 4 is 17.5 Å². The van der Waals surface area contributed by atoms with Gasteiger partial charge in [-0.15, -0.1) is 0 Å². The van der Waals surface area contributed by atoms with Gasteiger partial charge >= 0.3 is 0 Å². The van der Waals surface area contributed by atoms with E-state index < -0.39 is 0 Å². The van der Waals surface area contributed by atoms with Crippen molar-refractivity contribution < 1.29 is 9.59 Å². The van der Waals surface area contributed by atoms with Crippen LogP contribution >= 0.6 is 0 Å². The zero-order valence-electron chi connectivity index (χ0n) is 11.7. The van der Waals surface area contributed by atoms with Gasteiger partial charge in [-0.25, -0.2) is 0 Å². The molecule has 0 aliphatic rings. The van der Waals surface area contributed by atoms with Crippen LogP contribution in [0.25, 0.3) is 0 Å². The maximum atomic E-state index is 11.9. The molecule has 1 N–H and O–H groups in total. The third-order valence-electron chi connectivity index (χ3n) is 2.59. The Morgan fingerprint density at radius 3 is 2.53 bits per heavy atom. The summed E-state index contributed by atoms with van der Waals surface area (Å²) in [6, 6.07) is 1.41. The van der Waals surface area contributed by atoms with E-state index in [2.05, 4.69) is 5.32 Å². The number of aromatic nitrogens is 1. The Balaban J connectivity index is 3.14. The van der Waals surface area contributed by atoms with Crippen molar-refractivity contribution in [3.8, 4) is 0 Å². The molecular formula is C13H19N3O3. The highest BCUT2D eigenvalue weighted by Gasteiger charge is 2.13. The molecule has 0 aliphatic carbocycles. The van der Waals surface area contributed by atoms with Gasteiger partial charge in [0.1, 0.15) is 5.69 Å². The normalized spacial score (nSPS) is 10.1. The second kappa shape index (κ2) is 6.17. The molecule has 0 aliphatic heterocycles. The van der Waals surface area contributed by atoms with Crippen molar-refractivity contribution in [1.29, 1.82) is 0 Å². The lowest BCUT2D eigenvalue weighted by atomic mass is 10.2. The Hall–Kier alpha value is -2.11. The molecule has 0 saturated carbocycles. The lowest BCUT2D eigenvalue weighted by molar-refractivity contribution is -0.116. The van der Waals surface area contributed by atoms with Crippen LogP contribution in [0.1, 0.15) is 30.1 Å². The van der Waals surface area contributed by atoms with Crippen LogP contribution in [0, 0.1) is 0 Å². The van der Waals surface area contributed by atoms with Gasteiger partial charge in [0.05, 0.1) is 5.56 Å². The first-order chi connectivity index (χ1) is 8.86. The predicted octanol–water partition coefficient (Wildman–Crippen LogP) is 0.826. The zero-order valence-corrected chi connectivity index (χ0v) is 11.7. The third-order valence-corrected chi connectivity index (χ3v) is 2.59. The number of pyridine rings is 1. The number of hydrogen-bond acceptors (Lipinski definition) is 3. The van der Waals surface area contributed by atoms with Crippen molar-refractivity contribution in [2.45, 2.75) is 19.8 Å². The van der Waals surface area contributed by atoms with Gasteiger partial charge in [-0.2, -0.15) is 0 Å². The molecule has 0 bridgehead atoms. The topological polar surface area (TPSA) is 71.4 Å². The molecule has 1 rings (SSSR count). The molecule has 6 nitrogen and oxygen atoms in total. The van der Waals surface area contributed by atoms with E-state index in [9.17, 15) is 14.4 Å². The number of carbonyl (C=O) groups is 2. The van der Waals surface area contributed by atoms with E-state index in [0.29, 0.717) is 18.4 Å². The second-order valence-corrected chi connectivity index (χ2v) is 4.56. The first-order valence-electron chi connectivity index (χ1n) is 6.09. The first-order valence-corrected chi connectivity index (χ1v) is 6.09. The molecule has 0 spiro atoms. The fourth-order valence-corrected chi connectivity index (χ4v) is 1.62. The average molecular weight is 265 g/mol. The summed E-state index contributed by atoms with van der Waals surface area (Å²) in [6.45, 7) is 1.88. The highest BCUT2D eigenvalue weighted by Crippen LogP contribution is 2.08. The van der Waals surface area contributed by atoms with Crippen molar-refractivity contribution in [1.82, 2.24) is 9.47 Å². The molecular weight excluding hydrogens is 246 g/mol. The van der Waals surface area contributed by atoms with Gasteiger partial charge in [-0.1, -0.05) is 6.92 Å². The van der Waals surface area contributed by atoms with Crippen LogP contribution in [0.3, 0.4) is 0 Å². The number of aryl methyl sites for hydroxylation is 1. The van der Waals surface area contributed by atoms with Gasteiger partial charge < -0.3 is 14.8 Å². The average Bonchev–Trinajstić information content (AvgIpc) is 2.33. The number of hydrogen-bond donors (Lipinski definition) is 1. The molecule has 6 heteroatoms. The Bertz CT molecular complexity index is 547. The second-order valence-electron chi connectivity index (χ2n) is 4.56. The number of rotatable bonds is 4. The highest BCUT2D eigenvalue weighted by atomic mass is 16.2. The van der Waals surface area contributed by atoms with Crippen LogP contribution in [0.5, 0.6) is 0 Å². The number of anilines is 1. The van der Waals surface area contributed by atoms with E-state index in [1.54, 1.807) is 21.1 Å². The van der Waals surface area contributed by atoms with E-state index in [1.165, 1.54) is 21.7 Å². The van der Waals surface area contributed by atoms with Crippen molar-refractivity contribution in [3.05, 3.63) is 28.2 Å². The molecule has 1 aromatic heterocycles. The van der Waals surface area contributed by atoms with Crippen LogP contribution in [-0.2, 0) is 11.8 Å². The Kier molecular flexibility index (Phi) is 4.86. The number of nitrogens with one attached hydrogen (secondary N) is 1. The largest absolute Gasteiger partial charge is 0.345 e. The summed E-state index contributed by atoms with van der Waals surface area (Å²) in [5, 5.41) is 2.54. The predicted molar refractivity (Wildman–Crippen MR) is 73.2 cm³/mol. The molecule has 0 atom stereocenters. The van der Waals surface area contributed by atoms with Crippen LogP contribution in [0.15, 0.2) is 17.1 Å². The molecule has 0 unspecified atom stereocenters. The lowest BCUT2D eigenvalue weighted by Crippen LogP contribution is -2.28. The minimum Gasteiger partial charge on any atom is -0.345 e. The maximum absolute atomic E-state index is 11.9. The summed E-state index contributed by atoms with van der Waals surface area (Å²) in [5.41, 5.74) is 0.160. The van der Waals surface area contributed by atoms with E-state index >= 15 is 0 Å². The van der Waals surface area contributed by atoms with Crippen molar-refractivity contribution in [2.24, 2.45) is 7.05 Å². The minimum atomic E-state index is -0.334. The number of carbonyl (C=O) groups excluding carboxylic acids is 2. The van der Waals surface area contributed by atoms with Gasteiger partial charge in [-0.3, -0.25) is 14.4 Å². The van der Waals surface area contributed by atoms with E-state index in [4.69, 9.17) is 0 Å². The summed E-state index contributed by atoms with van der Waals surface area (Å²) in [5.74, 6) is -0.448. The summed E-state index contributed by atoms with van der Waals surface area (Å²) in [7, 11) is 4.80.